The molecular weight excluding hydrogens is 588 g/mol. The van der Waals surface area contributed by atoms with Crippen molar-refractivity contribution in [3.63, 3.8) is 0 Å². The number of rotatable bonds is 11. The van der Waals surface area contributed by atoms with Gasteiger partial charge in [0, 0.05) is 48.9 Å². The van der Waals surface area contributed by atoms with Gasteiger partial charge in [0.2, 0.25) is 0 Å². The van der Waals surface area contributed by atoms with Crippen molar-refractivity contribution >= 4 is 33.3 Å². The van der Waals surface area contributed by atoms with E-state index < -0.39 is 17.3 Å². The molecule has 0 saturated heterocycles. The third kappa shape index (κ3) is 6.47. The number of aromatic nitrogens is 2. The number of fused-ring (bicyclic) bond motifs is 1. The predicted octanol–water partition coefficient (Wildman–Crippen LogP) is 5.55. The quantitative estimate of drug-likeness (QED) is 0.228. The number of urea groups is 1. The minimum Gasteiger partial charge on any atom is -0.383 e. The molecule has 0 aliphatic heterocycles. The highest BCUT2D eigenvalue weighted by Gasteiger charge is 2.28. The molecule has 44 heavy (non-hydrogen) atoms. The first-order valence-corrected chi connectivity index (χ1v) is 15.6. The van der Waals surface area contributed by atoms with Gasteiger partial charge in [-0.2, -0.15) is 0 Å². The molecule has 0 bridgehead atoms. The number of anilines is 1. The molecular formula is C32H37F2N5O4S. The van der Waals surface area contributed by atoms with Gasteiger partial charge in [-0.25, -0.2) is 18.4 Å². The lowest BCUT2D eigenvalue weighted by molar-refractivity contribution is 0.159. The topological polar surface area (TPSA) is 97.6 Å². The van der Waals surface area contributed by atoms with Crippen LogP contribution in [0.4, 0.5) is 19.3 Å². The van der Waals surface area contributed by atoms with E-state index in [0.717, 1.165) is 28.8 Å². The molecule has 0 atom stereocenters. The number of hydrogen-bond acceptors (Lipinski definition) is 6. The summed E-state index contributed by atoms with van der Waals surface area (Å²) >= 11 is 1.26. The molecule has 2 N–H and O–H groups in total. The highest BCUT2D eigenvalue weighted by molar-refractivity contribution is 7.22. The summed E-state index contributed by atoms with van der Waals surface area (Å²) in [5, 5.41) is 5.85. The van der Waals surface area contributed by atoms with E-state index in [1.807, 2.05) is 31.0 Å². The molecule has 9 nitrogen and oxygen atoms in total. The summed E-state index contributed by atoms with van der Waals surface area (Å²) in [6.07, 6.45) is 3.17. The largest absolute Gasteiger partial charge is 0.383 e. The Kier molecular flexibility index (Phi) is 9.92. The molecule has 12 heteroatoms. The van der Waals surface area contributed by atoms with Gasteiger partial charge in [0.25, 0.3) is 5.56 Å². The van der Waals surface area contributed by atoms with Crippen LogP contribution < -0.4 is 21.9 Å². The summed E-state index contributed by atoms with van der Waals surface area (Å²) in [5.74, 6) is -1.51. The highest BCUT2D eigenvalue weighted by Crippen LogP contribution is 2.39. The molecule has 5 rings (SSSR count). The lowest BCUT2D eigenvalue weighted by atomic mass is 10.1. The van der Waals surface area contributed by atoms with Gasteiger partial charge in [-0.15, -0.1) is 11.3 Å². The summed E-state index contributed by atoms with van der Waals surface area (Å²) in [6, 6.07) is 10.3. The number of benzene rings is 2. The number of carbonyl (C=O) groups excluding carboxylic acids is 1. The van der Waals surface area contributed by atoms with Crippen molar-refractivity contribution in [2.24, 2.45) is 0 Å². The number of carbonyl (C=O) groups is 1. The van der Waals surface area contributed by atoms with E-state index in [1.54, 1.807) is 19.2 Å². The Balaban J connectivity index is 1.74. The summed E-state index contributed by atoms with van der Waals surface area (Å²) in [4.78, 5) is 43.5. The molecule has 0 spiro atoms. The first-order valence-electron chi connectivity index (χ1n) is 14.8. The Bertz CT molecular complexity index is 1740. The predicted molar refractivity (Wildman–Crippen MR) is 170 cm³/mol. The minimum absolute atomic E-state index is 0.234. The van der Waals surface area contributed by atoms with Crippen LogP contribution in [-0.4, -0.2) is 53.9 Å². The van der Waals surface area contributed by atoms with Crippen LogP contribution in [0.3, 0.4) is 0 Å². The van der Waals surface area contributed by atoms with Crippen molar-refractivity contribution in [1.82, 2.24) is 19.4 Å². The molecule has 2 heterocycles. The van der Waals surface area contributed by atoms with Crippen LogP contribution in [0, 0.1) is 11.6 Å². The van der Waals surface area contributed by atoms with Crippen LogP contribution >= 0.6 is 11.3 Å². The van der Waals surface area contributed by atoms with Gasteiger partial charge in [0.05, 0.1) is 18.5 Å². The maximum absolute atomic E-state index is 14.9. The third-order valence-corrected chi connectivity index (χ3v) is 9.32. The van der Waals surface area contributed by atoms with E-state index >= 15 is 0 Å². The zero-order valence-corrected chi connectivity index (χ0v) is 25.9. The monoisotopic (exact) mass is 625 g/mol. The summed E-state index contributed by atoms with van der Waals surface area (Å²) in [7, 11) is 3.54. The average molecular weight is 626 g/mol. The standard InChI is InChI=1S/C32H37F2N5O4S/c1-4-35-31(41)36-21-14-12-20(13-15-21)28-24(18-37(2)16-17-43-3)27-29(40)39(22-8-5-6-9-22)32(42)38(30(27)44-28)19-23-25(33)10-7-11-26(23)34/h7,10-15,22H,4-6,8-9,16-19H2,1-3H3,(H2,35,36,41). The fourth-order valence-electron chi connectivity index (χ4n) is 5.77. The Morgan fingerprint density at radius 1 is 1.07 bits per heavy atom. The Morgan fingerprint density at radius 2 is 1.75 bits per heavy atom. The molecule has 2 aromatic heterocycles. The number of amides is 2. The second-order valence-corrected chi connectivity index (χ2v) is 12.1. The highest BCUT2D eigenvalue weighted by atomic mass is 32.1. The smallest absolute Gasteiger partial charge is 0.332 e. The second-order valence-electron chi connectivity index (χ2n) is 11.1. The number of ether oxygens (including phenoxy) is 1. The Hall–Kier alpha value is -3.87. The summed E-state index contributed by atoms with van der Waals surface area (Å²) < 4.78 is 37.7. The Labute approximate surface area is 258 Å². The molecule has 0 radical (unpaired) electrons. The van der Waals surface area contributed by atoms with Crippen molar-refractivity contribution in [3.8, 4) is 10.4 Å². The maximum Gasteiger partial charge on any atom is 0.332 e. The van der Waals surface area contributed by atoms with Gasteiger partial charge in [0.1, 0.15) is 16.5 Å². The molecule has 4 aromatic rings. The first-order chi connectivity index (χ1) is 21.2. The maximum atomic E-state index is 14.9. The number of hydrogen-bond donors (Lipinski definition) is 2. The van der Waals surface area contributed by atoms with Gasteiger partial charge in [0.15, 0.2) is 0 Å². The fourth-order valence-corrected chi connectivity index (χ4v) is 7.08. The van der Waals surface area contributed by atoms with Crippen LogP contribution in [0.5, 0.6) is 0 Å². The van der Waals surface area contributed by atoms with Crippen LogP contribution in [0.25, 0.3) is 20.7 Å². The molecule has 0 unspecified atom stereocenters. The van der Waals surface area contributed by atoms with E-state index in [-0.39, 0.29) is 29.7 Å². The van der Waals surface area contributed by atoms with Gasteiger partial charge < -0.3 is 15.4 Å². The number of methoxy groups -OCH3 is 1. The third-order valence-electron chi connectivity index (χ3n) is 8.02. The van der Waals surface area contributed by atoms with Crippen LogP contribution in [0.1, 0.15) is 49.8 Å². The van der Waals surface area contributed by atoms with E-state index in [2.05, 4.69) is 10.6 Å². The fraction of sp³-hybridized carbons (Fsp3) is 0.406. The van der Waals surface area contributed by atoms with Crippen LogP contribution in [0.2, 0.25) is 0 Å². The average Bonchev–Trinajstić information content (AvgIpc) is 3.65. The van der Waals surface area contributed by atoms with E-state index in [1.165, 1.54) is 38.7 Å². The van der Waals surface area contributed by atoms with Gasteiger partial charge >= 0.3 is 11.7 Å². The molecule has 1 saturated carbocycles. The zero-order chi connectivity index (χ0) is 31.4. The first kappa shape index (κ1) is 31.6. The van der Waals surface area contributed by atoms with Crippen molar-refractivity contribution < 1.29 is 18.3 Å². The van der Waals surface area contributed by atoms with E-state index in [4.69, 9.17) is 4.74 Å². The van der Waals surface area contributed by atoms with Gasteiger partial charge in [-0.1, -0.05) is 31.0 Å². The SMILES string of the molecule is CCNC(=O)Nc1ccc(-c2sc3c(c2CN(C)CCOC)c(=O)n(C2CCCC2)c(=O)n3Cc2c(F)cccc2F)cc1. The molecule has 234 valence electrons. The normalized spacial score (nSPS) is 13.7. The number of halogens is 2. The van der Waals surface area contributed by atoms with Crippen molar-refractivity contribution in [2.45, 2.75) is 51.7 Å². The molecule has 1 aliphatic carbocycles. The Morgan fingerprint density at radius 3 is 2.39 bits per heavy atom. The minimum atomic E-state index is -0.754. The molecule has 1 fully saturated rings. The van der Waals surface area contributed by atoms with E-state index in [0.29, 0.717) is 55.0 Å². The summed E-state index contributed by atoms with van der Waals surface area (Å²) in [5.41, 5.74) is 0.926. The number of thiophene rings is 1. The zero-order valence-electron chi connectivity index (χ0n) is 25.1. The lowest BCUT2D eigenvalue weighted by Crippen LogP contribution is -2.42. The van der Waals surface area contributed by atoms with Crippen molar-refractivity contribution in [3.05, 3.63) is 86.1 Å². The number of nitrogens with zero attached hydrogens (tertiary/aromatic N) is 3. The number of likely N-dealkylation sites (N-methyl/N-ethyl adjacent to an activating group) is 1. The van der Waals surface area contributed by atoms with Crippen molar-refractivity contribution in [2.75, 3.05) is 39.2 Å². The molecule has 1 aliphatic rings. The van der Waals surface area contributed by atoms with Crippen molar-refractivity contribution in [1.29, 1.82) is 0 Å². The lowest BCUT2D eigenvalue weighted by Gasteiger charge is -2.19. The van der Waals surface area contributed by atoms with Crippen LogP contribution in [0.15, 0.2) is 52.1 Å². The summed E-state index contributed by atoms with van der Waals surface area (Å²) in [6.45, 7) is 3.43. The molecule has 2 amide bonds. The second kappa shape index (κ2) is 13.8. The molecule has 2 aromatic carbocycles. The van der Waals surface area contributed by atoms with E-state index in [9.17, 15) is 23.2 Å². The number of nitrogens with one attached hydrogen (secondary N) is 2. The van der Waals surface area contributed by atoms with Gasteiger partial charge in [-0.3, -0.25) is 18.8 Å². The van der Waals surface area contributed by atoms with Gasteiger partial charge in [-0.05, 0) is 62.2 Å². The van der Waals surface area contributed by atoms with Crippen LogP contribution in [-0.2, 0) is 17.8 Å².